The molecule has 0 atom stereocenters. The Balaban J connectivity index is 2.11. The van der Waals surface area contributed by atoms with E-state index < -0.39 is 0 Å². The van der Waals surface area contributed by atoms with Gasteiger partial charge in [-0.25, -0.2) is 15.0 Å². The van der Waals surface area contributed by atoms with Crippen LogP contribution >= 0.6 is 0 Å². The average Bonchev–Trinajstić information content (AvgIpc) is 2.40. The van der Waals surface area contributed by atoms with Crippen LogP contribution in [0, 0.1) is 6.92 Å². The van der Waals surface area contributed by atoms with E-state index in [4.69, 9.17) is 0 Å². The molecule has 100 valence electrons. The minimum Gasteiger partial charge on any atom is -0.360 e. The first-order valence-electron chi connectivity index (χ1n) is 6.28. The topological polar surface area (TPSA) is 72.7 Å². The second kappa shape index (κ2) is 6.08. The Hall–Kier alpha value is -2.24. The Bertz CT molecular complexity index is 608. The third-order valence-corrected chi connectivity index (χ3v) is 2.65. The molecule has 2 aromatic rings. The quantitative estimate of drug-likeness (QED) is 0.877. The maximum atomic E-state index is 12.1. The molecule has 0 aliphatic carbocycles. The van der Waals surface area contributed by atoms with E-state index in [0.29, 0.717) is 24.7 Å². The summed E-state index contributed by atoms with van der Waals surface area (Å²) in [7, 11) is 0. The molecule has 1 N–H and O–H groups in total. The normalized spacial score (nSPS) is 10.4. The van der Waals surface area contributed by atoms with E-state index in [0.717, 1.165) is 12.1 Å². The maximum Gasteiger partial charge on any atom is 0.293 e. The molecule has 0 fully saturated rings. The van der Waals surface area contributed by atoms with Gasteiger partial charge in [0.15, 0.2) is 5.82 Å². The van der Waals surface area contributed by atoms with Crippen LogP contribution in [0.3, 0.4) is 0 Å². The van der Waals surface area contributed by atoms with Crippen molar-refractivity contribution in [3.05, 3.63) is 46.5 Å². The fraction of sp³-hybridized carbons (Fsp3) is 0.385. The number of hydrogen-bond donors (Lipinski definition) is 1. The number of hydrogen-bond acceptors (Lipinski definition) is 5. The monoisotopic (exact) mass is 259 g/mol. The van der Waals surface area contributed by atoms with Gasteiger partial charge in [-0.15, -0.1) is 0 Å². The van der Waals surface area contributed by atoms with Crippen molar-refractivity contribution < 1.29 is 0 Å². The number of anilines is 1. The van der Waals surface area contributed by atoms with Gasteiger partial charge in [0.1, 0.15) is 5.82 Å². The van der Waals surface area contributed by atoms with Crippen molar-refractivity contribution in [3.8, 4) is 0 Å². The largest absolute Gasteiger partial charge is 0.360 e. The lowest BCUT2D eigenvalue weighted by Gasteiger charge is -2.08. The number of nitrogens with zero attached hydrogens (tertiary/aromatic N) is 4. The Morgan fingerprint density at radius 3 is 2.89 bits per heavy atom. The van der Waals surface area contributed by atoms with Crippen molar-refractivity contribution in [1.82, 2.24) is 19.5 Å². The molecule has 6 heteroatoms. The van der Waals surface area contributed by atoms with Crippen molar-refractivity contribution >= 4 is 5.82 Å². The van der Waals surface area contributed by atoms with Crippen molar-refractivity contribution in [2.24, 2.45) is 0 Å². The van der Waals surface area contributed by atoms with Crippen LogP contribution in [0.1, 0.15) is 24.9 Å². The van der Waals surface area contributed by atoms with Gasteiger partial charge in [-0.05, 0) is 19.4 Å². The molecule has 0 aromatic carbocycles. The van der Waals surface area contributed by atoms with Crippen LogP contribution in [0.5, 0.6) is 0 Å². The SMILES string of the molecule is CCCn1ccnc(NCc2ccnc(C)n2)c1=O. The minimum atomic E-state index is -0.102. The zero-order valence-electron chi connectivity index (χ0n) is 11.1. The zero-order chi connectivity index (χ0) is 13.7. The summed E-state index contributed by atoms with van der Waals surface area (Å²) in [4.78, 5) is 24.4. The molecule has 0 radical (unpaired) electrons. The summed E-state index contributed by atoms with van der Waals surface area (Å²) in [5.41, 5.74) is 0.731. The highest BCUT2D eigenvalue weighted by Gasteiger charge is 2.04. The standard InChI is InChI=1S/C13H17N5O/c1-3-7-18-8-6-15-12(13(18)19)16-9-11-4-5-14-10(2)17-11/h4-6,8H,3,7,9H2,1-2H3,(H,15,16). The summed E-state index contributed by atoms with van der Waals surface area (Å²) < 4.78 is 1.65. The number of nitrogens with one attached hydrogen (secondary N) is 1. The number of rotatable bonds is 5. The Labute approximate surface area is 111 Å². The first-order valence-corrected chi connectivity index (χ1v) is 6.28. The predicted molar refractivity (Wildman–Crippen MR) is 72.9 cm³/mol. The molecule has 0 saturated carbocycles. The summed E-state index contributed by atoms with van der Waals surface area (Å²) in [6.07, 6.45) is 5.94. The van der Waals surface area contributed by atoms with Gasteiger partial charge in [-0.1, -0.05) is 6.92 Å². The Morgan fingerprint density at radius 2 is 2.16 bits per heavy atom. The van der Waals surface area contributed by atoms with Crippen LogP contribution in [0.2, 0.25) is 0 Å². The van der Waals surface area contributed by atoms with E-state index in [9.17, 15) is 4.79 Å². The molecule has 0 aliphatic heterocycles. The third kappa shape index (κ3) is 3.37. The maximum absolute atomic E-state index is 12.1. The van der Waals surface area contributed by atoms with Gasteiger partial charge in [-0.3, -0.25) is 4.79 Å². The lowest BCUT2D eigenvalue weighted by Crippen LogP contribution is -2.24. The minimum absolute atomic E-state index is 0.102. The molecule has 2 rings (SSSR count). The highest BCUT2D eigenvalue weighted by atomic mass is 16.1. The average molecular weight is 259 g/mol. The molecule has 19 heavy (non-hydrogen) atoms. The second-order valence-electron chi connectivity index (χ2n) is 4.22. The lowest BCUT2D eigenvalue weighted by molar-refractivity contribution is 0.649. The molecule has 0 saturated heterocycles. The van der Waals surface area contributed by atoms with Crippen LogP contribution in [0.4, 0.5) is 5.82 Å². The summed E-state index contributed by atoms with van der Waals surface area (Å²) >= 11 is 0. The highest BCUT2D eigenvalue weighted by molar-refractivity contribution is 5.31. The van der Waals surface area contributed by atoms with Crippen molar-refractivity contribution in [1.29, 1.82) is 0 Å². The van der Waals surface area contributed by atoms with Crippen molar-refractivity contribution in [2.75, 3.05) is 5.32 Å². The van der Waals surface area contributed by atoms with E-state index in [2.05, 4.69) is 20.3 Å². The van der Waals surface area contributed by atoms with E-state index in [1.54, 1.807) is 23.2 Å². The molecule has 0 spiro atoms. The summed E-state index contributed by atoms with van der Waals surface area (Å²) in [6, 6.07) is 1.81. The molecule has 2 heterocycles. The zero-order valence-corrected chi connectivity index (χ0v) is 11.1. The number of aromatic nitrogens is 4. The molecular weight excluding hydrogens is 242 g/mol. The van der Waals surface area contributed by atoms with Crippen molar-refractivity contribution in [2.45, 2.75) is 33.4 Å². The van der Waals surface area contributed by atoms with Gasteiger partial charge < -0.3 is 9.88 Å². The van der Waals surface area contributed by atoms with E-state index in [1.807, 2.05) is 19.9 Å². The van der Waals surface area contributed by atoms with E-state index in [-0.39, 0.29) is 5.56 Å². The first-order chi connectivity index (χ1) is 9.20. The van der Waals surface area contributed by atoms with Crippen LogP contribution in [-0.2, 0) is 13.1 Å². The van der Waals surface area contributed by atoms with Gasteiger partial charge in [0.2, 0.25) is 0 Å². The molecule has 6 nitrogen and oxygen atoms in total. The smallest absolute Gasteiger partial charge is 0.293 e. The Kier molecular flexibility index (Phi) is 4.22. The third-order valence-electron chi connectivity index (χ3n) is 2.65. The fourth-order valence-corrected chi connectivity index (χ4v) is 1.76. The van der Waals surface area contributed by atoms with Gasteiger partial charge in [0.05, 0.1) is 12.2 Å². The van der Waals surface area contributed by atoms with E-state index >= 15 is 0 Å². The molecule has 0 bridgehead atoms. The van der Waals surface area contributed by atoms with Crippen LogP contribution in [0.25, 0.3) is 0 Å². The first kappa shape index (κ1) is 13.2. The lowest BCUT2D eigenvalue weighted by atomic mass is 10.4. The molecule has 0 aliphatic rings. The van der Waals surface area contributed by atoms with Crippen LogP contribution < -0.4 is 10.9 Å². The van der Waals surface area contributed by atoms with Crippen molar-refractivity contribution in [3.63, 3.8) is 0 Å². The van der Waals surface area contributed by atoms with Gasteiger partial charge in [-0.2, -0.15) is 0 Å². The molecule has 0 unspecified atom stereocenters. The predicted octanol–water partition coefficient (Wildman–Crippen LogP) is 1.36. The summed E-state index contributed by atoms with van der Waals surface area (Å²) in [5.74, 6) is 1.07. The second-order valence-corrected chi connectivity index (χ2v) is 4.22. The summed E-state index contributed by atoms with van der Waals surface area (Å²) in [6.45, 7) is 5.02. The van der Waals surface area contributed by atoms with Crippen LogP contribution in [0.15, 0.2) is 29.5 Å². The highest BCUT2D eigenvalue weighted by Crippen LogP contribution is 2.00. The van der Waals surface area contributed by atoms with Crippen LogP contribution in [-0.4, -0.2) is 19.5 Å². The molecular formula is C13H17N5O. The summed E-state index contributed by atoms with van der Waals surface area (Å²) in [5, 5.41) is 3.02. The molecule has 2 aromatic heterocycles. The Morgan fingerprint density at radius 1 is 1.32 bits per heavy atom. The fourth-order valence-electron chi connectivity index (χ4n) is 1.76. The number of aryl methyl sites for hydroxylation is 2. The molecule has 0 amide bonds. The van der Waals surface area contributed by atoms with E-state index in [1.165, 1.54) is 0 Å². The van der Waals surface area contributed by atoms with Gasteiger partial charge in [0.25, 0.3) is 5.56 Å². The van der Waals surface area contributed by atoms with Gasteiger partial charge in [0, 0.05) is 25.1 Å². The van der Waals surface area contributed by atoms with Gasteiger partial charge >= 0.3 is 0 Å².